The normalized spacial score (nSPS) is 12.2. The maximum Gasteiger partial charge on any atom is 0.293 e. The highest BCUT2D eigenvalue weighted by Gasteiger charge is 2.34. The minimum absolute atomic E-state index is 0.00548. The molecule has 1 aliphatic heterocycles. The van der Waals surface area contributed by atoms with Crippen molar-refractivity contribution in [2.75, 3.05) is 17.7 Å². The van der Waals surface area contributed by atoms with Crippen LogP contribution in [0, 0.1) is 0 Å². The summed E-state index contributed by atoms with van der Waals surface area (Å²) in [4.78, 5) is 27.3. The summed E-state index contributed by atoms with van der Waals surface area (Å²) in [5.41, 5.74) is 2.75. The largest absolute Gasteiger partial charge is 0.495 e. The second-order valence-corrected chi connectivity index (χ2v) is 8.56. The Hall–Kier alpha value is -5.04. The number of carbonyl (C=O) groups is 2. The van der Waals surface area contributed by atoms with Crippen LogP contribution in [0.3, 0.4) is 0 Å². The molecule has 5 aromatic rings. The molecule has 0 spiro atoms. The molecule has 0 radical (unpaired) electrons. The maximum atomic E-state index is 13.9. The number of methoxy groups -OCH3 is 1. The van der Waals surface area contributed by atoms with E-state index in [1.807, 2.05) is 66.7 Å². The van der Waals surface area contributed by atoms with Crippen LogP contribution >= 0.6 is 0 Å². The number of hydrogen-bond donors (Lipinski definition) is 2. The van der Waals surface area contributed by atoms with E-state index >= 15 is 0 Å². The van der Waals surface area contributed by atoms with Crippen molar-refractivity contribution in [3.8, 4) is 17.2 Å². The Morgan fingerprint density at radius 3 is 2.11 bits per heavy atom. The van der Waals surface area contributed by atoms with Gasteiger partial charge in [-0.25, -0.2) is 0 Å². The number of hydrogen-bond acceptors (Lipinski definition) is 5. The fourth-order valence-corrected chi connectivity index (χ4v) is 4.64. The van der Waals surface area contributed by atoms with Crippen LogP contribution in [0.25, 0.3) is 11.0 Å². The summed E-state index contributed by atoms with van der Waals surface area (Å²) in [6.45, 7) is 0. The quantitative estimate of drug-likeness (QED) is 0.291. The summed E-state index contributed by atoms with van der Waals surface area (Å²) in [6.07, 6.45) is 0. The molecule has 0 bridgehead atoms. The lowest BCUT2D eigenvalue weighted by Crippen LogP contribution is -2.26. The maximum absolute atomic E-state index is 13.9. The van der Waals surface area contributed by atoms with Gasteiger partial charge in [-0.15, -0.1) is 0 Å². The first-order valence-electron chi connectivity index (χ1n) is 11.8. The minimum Gasteiger partial charge on any atom is -0.495 e. The lowest BCUT2D eigenvalue weighted by Gasteiger charge is -2.27. The molecule has 7 nitrogen and oxygen atoms in total. The van der Waals surface area contributed by atoms with Crippen molar-refractivity contribution in [3.63, 3.8) is 0 Å². The number of para-hydroxylation sites is 5. The summed E-state index contributed by atoms with van der Waals surface area (Å²) in [7, 11) is 1.53. The molecule has 0 atom stereocenters. The van der Waals surface area contributed by atoms with Crippen molar-refractivity contribution in [1.82, 2.24) is 0 Å². The summed E-state index contributed by atoms with van der Waals surface area (Å²) >= 11 is 0. The zero-order valence-electron chi connectivity index (χ0n) is 19.9. The Morgan fingerprint density at radius 2 is 1.38 bits per heavy atom. The highest BCUT2D eigenvalue weighted by molar-refractivity contribution is 6.15. The predicted molar refractivity (Wildman–Crippen MR) is 141 cm³/mol. The smallest absolute Gasteiger partial charge is 0.293 e. The van der Waals surface area contributed by atoms with Crippen LogP contribution in [0.15, 0.2) is 101 Å². The van der Waals surface area contributed by atoms with Gasteiger partial charge in [-0.2, -0.15) is 0 Å². The first kappa shape index (κ1) is 22.4. The third-order valence-corrected chi connectivity index (χ3v) is 6.35. The summed E-state index contributed by atoms with van der Waals surface area (Å²) < 4.78 is 17.3. The first-order chi connectivity index (χ1) is 18.1. The summed E-state index contributed by atoms with van der Waals surface area (Å²) in [5.74, 6) is 0.284. The van der Waals surface area contributed by atoms with Gasteiger partial charge >= 0.3 is 0 Å². The summed E-state index contributed by atoms with van der Waals surface area (Å²) in [5, 5.41) is 6.45. The topological polar surface area (TPSA) is 89.8 Å². The number of ether oxygens (including phenoxy) is 2. The molecule has 37 heavy (non-hydrogen) atoms. The second-order valence-electron chi connectivity index (χ2n) is 8.56. The molecule has 1 aromatic heterocycles. The predicted octanol–water partition coefficient (Wildman–Crippen LogP) is 6.57. The molecule has 2 heterocycles. The second kappa shape index (κ2) is 9.20. The SMILES string of the molecule is COc1ccccc1NC(=O)c1oc2ccccc2c1NC(=O)C1c2ccccc2Oc2ccccc21. The van der Waals surface area contributed by atoms with Crippen LogP contribution < -0.4 is 20.1 Å². The molecular weight excluding hydrogens is 468 g/mol. The fourth-order valence-electron chi connectivity index (χ4n) is 4.64. The Kier molecular flexibility index (Phi) is 5.58. The third-order valence-electron chi connectivity index (χ3n) is 6.35. The molecule has 0 saturated carbocycles. The molecule has 0 aliphatic carbocycles. The highest BCUT2D eigenvalue weighted by Crippen LogP contribution is 2.45. The van der Waals surface area contributed by atoms with Gasteiger partial charge in [0.1, 0.15) is 28.5 Å². The molecule has 1 aliphatic rings. The van der Waals surface area contributed by atoms with Gasteiger partial charge in [0.15, 0.2) is 0 Å². The summed E-state index contributed by atoms with van der Waals surface area (Å²) in [6, 6.07) is 29.2. The third kappa shape index (κ3) is 3.96. The molecule has 2 N–H and O–H groups in total. The van der Waals surface area contributed by atoms with Gasteiger partial charge < -0.3 is 24.5 Å². The first-order valence-corrected chi connectivity index (χ1v) is 11.8. The van der Waals surface area contributed by atoms with Crippen molar-refractivity contribution in [2.45, 2.75) is 5.92 Å². The zero-order valence-corrected chi connectivity index (χ0v) is 19.9. The number of nitrogens with one attached hydrogen (secondary N) is 2. The number of carbonyl (C=O) groups excluding carboxylic acids is 2. The molecule has 6 rings (SSSR count). The van der Waals surface area contributed by atoms with E-state index in [0.717, 1.165) is 11.1 Å². The van der Waals surface area contributed by atoms with Crippen molar-refractivity contribution < 1.29 is 23.5 Å². The van der Waals surface area contributed by atoms with Crippen molar-refractivity contribution in [3.05, 3.63) is 114 Å². The zero-order chi connectivity index (χ0) is 25.4. The number of anilines is 2. The molecule has 182 valence electrons. The lowest BCUT2D eigenvalue weighted by atomic mass is 9.87. The Balaban J connectivity index is 1.40. The van der Waals surface area contributed by atoms with E-state index in [0.29, 0.717) is 39.6 Å². The van der Waals surface area contributed by atoms with E-state index in [4.69, 9.17) is 13.9 Å². The van der Waals surface area contributed by atoms with E-state index in [1.165, 1.54) is 7.11 Å². The minimum atomic E-state index is -0.639. The molecular formula is C30H22N2O5. The molecule has 0 fully saturated rings. The Morgan fingerprint density at radius 1 is 0.757 bits per heavy atom. The average molecular weight is 491 g/mol. The molecule has 4 aromatic carbocycles. The molecule has 0 saturated heterocycles. The average Bonchev–Trinajstić information content (AvgIpc) is 3.30. The van der Waals surface area contributed by atoms with Crippen molar-refractivity contribution >= 4 is 34.2 Å². The van der Waals surface area contributed by atoms with E-state index in [9.17, 15) is 9.59 Å². The Bertz CT molecular complexity index is 1610. The van der Waals surface area contributed by atoms with Crippen LogP contribution in [0.2, 0.25) is 0 Å². The van der Waals surface area contributed by atoms with Crippen LogP contribution in [-0.4, -0.2) is 18.9 Å². The van der Waals surface area contributed by atoms with Crippen LogP contribution in [-0.2, 0) is 4.79 Å². The van der Waals surface area contributed by atoms with E-state index < -0.39 is 11.8 Å². The van der Waals surface area contributed by atoms with Gasteiger partial charge in [-0.3, -0.25) is 9.59 Å². The Labute approximate surface area is 212 Å². The van der Waals surface area contributed by atoms with Gasteiger partial charge in [0.05, 0.1) is 18.7 Å². The number of rotatable bonds is 5. The number of furan rings is 1. The van der Waals surface area contributed by atoms with Gasteiger partial charge in [-0.05, 0) is 36.4 Å². The fraction of sp³-hybridized carbons (Fsp3) is 0.0667. The van der Waals surface area contributed by atoms with Crippen molar-refractivity contribution in [2.24, 2.45) is 0 Å². The van der Waals surface area contributed by atoms with Crippen LogP contribution in [0.5, 0.6) is 17.2 Å². The lowest BCUT2D eigenvalue weighted by molar-refractivity contribution is -0.116. The van der Waals surface area contributed by atoms with E-state index in [-0.39, 0.29) is 11.7 Å². The number of benzene rings is 4. The number of fused-ring (bicyclic) bond motifs is 3. The van der Waals surface area contributed by atoms with Crippen LogP contribution in [0.1, 0.15) is 27.6 Å². The van der Waals surface area contributed by atoms with E-state index in [2.05, 4.69) is 10.6 Å². The number of amides is 2. The molecule has 0 unspecified atom stereocenters. The van der Waals surface area contributed by atoms with E-state index in [1.54, 1.807) is 30.3 Å². The van der Waals surface area contributed by atoms with Gasteiger partial charge in [-0.1, -0.05) is 60.7 Å². The van der Waals surface area contributed by atoms with Gasteiger partial charge in [0, 0.05) is 16.5 Å². The van der Waals surface area contributed by atoms with Crippen LogP contribution in [0.4, 0.5) is 11.4 Å². The van der Waals surface area contributed by atoms with Gasteiger partial charge in [0.2, 0.25) is 11.7 Å². The molecule has 2 amide bonds. The monoisotopic (exact) mass is 490 g/mol. The van der Waals surface area contributed by atoms with Gasteiger partial charge in [0.25, 0.3) is 5.91 Å². The van der Waals surface area contributed by atoms with Crippen molar-refractivity contribution in [1.29, 1.82) is 0 Å². The molecule has 7 heteroatoms. The highest BCUT2D eigenvalue weighted by atomic mass is 16.5. The standard InChI is InChI=1S/C30H22N2O5/c1-35-25-17-9-5-13-21(25)31-30(34)28-27(20-12-4-8-16-24(20)37-28)32-29(33)26-18-10-2-6-14-22(18)36-23-15-7-3-11-19(23)26/h2-17,26H,1H3,(H,31,34)(H,32,33).